The van der Waals surface area contributed by atoms with Crippen molar-refractivity contribution in [2.75, 3.05) is 23.7 Å². The molecule has 1 spiro atoms. The number of aryl methyl sites for hydroxylation is 1. The van der Waals surface area contributed by atoms with Gasteiger partial charge < -0.3 is 21.1 Å². The average molecular weight is 448 g/mol. The first-order valence-corrected chi connectivity index (χ1v) is 12.0. The molecule has 3 aromatic rings. The number of hydrogen-bond donors (Lipinski definition) is 2. The summed E-state index contributed by atoms with van der Waals surface area (Å²) in [5, 5.41) is 0.816. The lowest BCUT2D eigenvalue weighted by Crippen LogP contribution is -2.51. The van der Waals surface area contributed by atoms with Crippen molar-refractivity contribution < 1.29 is 4.74 Å². The number of fused-ring (bicyclic) bond motifs is 1. The van der Waals surface area contributed by atoms with Gasteiger partial charge in [-0.1, -0.05) is 49.0 Å². The van der Waals surface area contributed by atoms with Crippen molar-refractivity contribution in [1.29, 1.82) is 0 Å². The number of nitrogens with two attached hydrogens (primary N) is 2. The van der Waals surface area contributed by atoms with E-state index in [4.69, 9.17) is 21.2 Å². The number of benzene rings is 2. The standard InChI is InChI=1S/C25H29N5OS/c1-3-17-16(2)7-6-10-20(17)32-21-15-28-24(23(27)29-21)30-13-11-25(12-14-30)22(26)18-8-4-5-9-19(18)31-25/h4-10,15,22H,3,11-14,26H2,1-2H3,(H2,27,29)/t22-/m1/s1. The van der Waals surface area contributed by atoms with E-state index in [1.54, 1.807) is 11.8 Å². The lowest BCUT2D eigenvalue weighted by atomic mass is 9.83. The van der Waals surface area contributed by atoms with Crippen LogP contribution in [0.1, 0.15) is 42.5 Å². The van der Waals surface area contributed by atoms with Crippen molar-refractivity contribution >= 4 is 23.4 Å². The molecule has 1 aromatic heterocycles. The summed E-state index contributed by atoms with van der Waals surface area (Å²) in [6.07, 6.45) is 4.46. The van der Waals surface area contributed by atoms with Gasteiger partial charge >= 0.3 is 0 Å². The van der Waals surface area contributed by atoms with Gasteiger partial charge in [0, 0.05) is 36.4 Å². The van der Waals surface area contributed by atoms with Crippen molar-refractivity contribution in [1.82, 2.24) is 9.97 Å². The van der Waals surface area contributed by atoms with E-state index in [9.17, 15) is 0 Å². The zero-order valence-corrected chi connectivity index (χ0v) is 19.4. The van der Waals surface area contributed by atoms with Gasteiger partial charge in [-0.25, -0.2) is 9.97 Å². The molecule has 4 N–H and O–H groups in total. The second-order valence-electron chi connectivity index (χ2n) is 8.59. The third kappa shape index (κ3) is 3.59. The van der Waals surface area contributed by atoms with E-state index >= 15 is 0 Å². The first kappa shape index (κ1) is 21.1. The molecular formula is C25H29N5OS. The minimum atomic E-state index is -0.347. The molecule has 0 radical (unpaired) electrons. The van der Waals surface area contributed by atoms with Crippen LogP contribution in [0.3, 0.4) is 0 Å². The number of hydrogen-bond acceptors (Lipinski definition) is 7. The van der Waals surface area contributed by atoms with Gasteiger partial charge in [-0.2, -0.15) is 0 Å². The molecular weight excluding hydrogens is 418 g/mol. The molecule has 1 atom stereocenters. The molecule has 1 saturated heterocycles. The Morgan fingerprint density at radius 2 is 1.94 bits per heavy atom. The molecule has 32 heavy (non-hydrogen) atoms. The fraction of sp³-hybridized carbons (Fsp3) is 0.360. The number of aromatic nitrogens is 2. The molecule has 0 unspecified atom stereocenters. The van der Waals surface area contributed by atoms with Crippen LogP contribution in [0.15, 0.2) is 58.6 Å². The van der Waals surface area contributed by atoms with Crippen molar-refractivity contribution in [2.24, 2.45) is 5.73 Å². The Labute approximate surface area is 193 Å². The van der Waals surface area contributed by atoms with Crippen LogP contribution in [0.2, 0.25) is 0 Å². The van der Waals surface area contributed by atoms with E-state index in [-0.39, 0.29) is 11.6 Å². The quantitative estimate of drug-likeness (QED) is 0.608. The Kier molecular flexibility index (Phi) is 5.47. The lowest BCUT2D eigenvalue weighted by Gasteiger charge is -2.41. The Bertz CT molecular complexity index is 1140. The largest absolute Gasteiger partial charge is 0.485 e. The molecule has 5 rings (SSSR count). The van der Waals surface area contributed by atoms with Crippen LogP contribution in [0.5, 0.6) is 5.75 Å². The lowest BCUT2D eigenvalue weighted by molar-refractivity contribution is 0.0431. The van der Waals surface area contributed by atoms with Gasteiger partial charge in [0.05, 0.1) is 12.2 Å². The first-order chi connectivity index (χ1) is 15.5. The predicted molar refractivity (Wildman–Crippen MR) is 129 cm³/mol. The second-order valence-corrected chi connectivity index (χ2v) is 9.66. The number of para-hydroxylation sites is 1. The summed E-state index contributed by atoms with van der Waals surface area (Å²) in [6, 6.07) is 14.4. The summed E-state index contributed by atoms with van der Waals surface area (Å²) in [6.45, 7) is 5.89. The highest BCUT2D eigenvalue weighted by atomic mass is 32.2. The summed E-state index contributed by atoms with van der Waals surface area (Å²) in [5.41, 5.74) is 16.4. The number of nitrogen functional groups attached to an aromatic ring is 1. The van der Waals surface area contributed by atoms with Crippen LogP contribution in [-0.4, -0.2) is 28.7 Å². The maximum Gasteiger partial charge on any atom is 0.171 e. The van der Waals surface area contributed by atoms with E-state index in [2.05, 4.69) is 48.0 Å². The van der Waals surface area contributed by atoms with Gasteiger partial charge in [0.15, 0.2) is 11.6 Å². The van der Waals surface area contributed by atoms with E-state index in [0.29, 0.717) is 5.82 Å². The fourth-order valence-electron chi connectivity index (χ4n) is 4.92. The van der Waals surface area contributed by atoms with Crippen LogP contribution in [0, 0.1) is 6.92 Å². The SMILES string of the molecule is CCc1c(C)cccc1Sc1cnc(N2CCC3(CC2)Oc2ccccc2[C@H]3N)c(N)n1. The van der Waals surface area contributed by atoms with Crippen molar-refractivity contribution in [2.45, 2.75) is 54.7 Å². The van der Waals surface area contributed by atoms with Crippen LogP contribution in [-0.2, 0) is 6.42 Å². The van der Waals surface area contributed by atoms with Gasteiger partial charge in [0.1, 0.15) is 16.4 Å². The number of nitrogens with zero attached hydrogens (tertiary/aromatic N) is 3. The normalized spacial score (nSPS) is 19.1. The van der Waals surface area contributed by atoms with Crippen LogP contribution in [0.4, 0.5) is 11.6 Å². The molecule has 2 aliphatic rings. The van der Waals surface area contributed by atoms with Crippen molar-refractivity contribution in [3.05, 3.63) is 65.4 Å². The van der Waals surface area contributed by atoms with Gasteiger partial charge in [-0.15, -0.1) is 0 Å². The Morgan fingerprint density at radius 1 is 1.16 bits per heavy atom. The van der Waals surface area contributed by atoms with Crippen molar-refractivity contribution in [3.63, 3.8) is 0 Å². The molecule has 2 aromatic carbocycles. The molecule has 7 heteroatoms. The highest BCUT2D eigenvalue weighted by Crippen LogP contribution is 2.47. The fourth-order valence-corrected chi connectivity index (χ4v) is 5.97. The first-order valence-electron chi connectivity index (χ1n) is 11.2. The number of piperidine rings is 1. The van der Waals surface area contributed by atoms with E-state index < -0.39 is 0 Å². The highest BCUT2D eigenvalue weighted by molar-refractivity contribution is 7.99. The minimum Gasteiger partial charge on any atom is -0.485 e. The van der Waals surface area contributed by atoms with Gasteiger partial charge in [-0.3, -0.25) is 0 Å². The zero-order valence-electron chi connectivity index (χ0n) is 18.5. The summed E-state index contributed by atoms with van der Waals surface area (Å²) in [7, 11) is 0. The number of ether oxygens (including phenoxy) is 1. The molecule has 166 valence electrons. The second kappa shape index (κ2) is 8.30. The van der Waals surface area contributed by atoms with Gasteiger partial charge in [0.25, 0.3) is 0 Å². The summed E-state index contributed by atoms with van der Waals surface area (Å²) in [5.74, 6) is 2.13. The molecule has 2 aliphatic heterocycles. The summed E-state index contributed by atoms with van der Waals surface area (Å²) >= 11 is 1.62. The molecule has 0 saturated carbocycles. The van der Waals surface area contributed by atoms with E-state index in [1.165, 1.54) is 16.0 Å². The Balaban J connectivity index is 1.30. The number of rotatable bonds is 4. The molecule has 6 nitrogen and oxygen atoms in total. The molecule has 0 bridgehead atoms. The van der Waals surface area contributed by atoms with Gasteiger partial charge in [0.2, 0.25) is 0 Å². The van der Waals surface area contributed by atoms with Crippen LogP contribution >= 0.6 is 11.8 Å². The minimum absolute atomic E-state index is 0.106. The maximum atomic E-state index is 6.60. The Morgan fingerprint density at radius 3 is 2.66 bits per heavy atom. The highest BCUT2D eigenvalue weighted by Gasteiger charge is 2.48. The molecule has 0 amide bonds. The Hall–Kier alpha value is -2.77. The number of anilines is 2. The third-order valence-electron chi connectivity index (χ3n) is 6.74. The molecule has 1 fully saturated rings. The summed E-state index contributed by atoms with van der Waals surface area (Å²) in [4.78, 5) is 12.8. The van der Waals surface area contributed by atoms with E-state index in [1.807, 2.05) is 24.4 Å². The summed E-state index contributed by atoms with van der Waals surface area (Å²) < 4.78 is 6.36. The topological polar surface area (TPSA) is 90.3 Å². The van der Waals surface area contributed by atoms with Crippen LogP contribution < -0.4 is 21.1 Å². The van der Waals surface area contributed by atoms with Gasteiger partial charge in [-0.05, 0) is 36.6 Å². The van der Waals surface area contributed by atoms with Crippen LogP contribution in [0.25, 0.3) is 0 Å². The maximum absolute atomic E-state index is 6.60. The van der Waals surface area contributed by atoms with Crippen molar-refractivity contribution in [3.8, 4) is 5.75 Å². The average Bonchev–Trinajstić information content (AvgIpc) is 3.06. The zero-order chi connectivity index (χ0) is 22.3. The monoisotopic (exact) mass is 447 g/mol. The molecule has 3 heterocycles. The smallest absolute Gasteiger partial charge is 0.171 e. The third-order valence-corrected chi connectivity index (χ3v) is 7.74. The molecule has 0 aliphatic carbocycles. The predicted octanol–water partition coefficient (Wildman–Crippen LogP) is 4.51. The van der Waals surface area contributed by atoms with E-state index in [0.717, 1.165) is 54.5 Å².